The zero-order chi connectivity index (χ0) is 23.6. The molecule has 0 unspecified atom stereocenters. The molecule has 0 aliphatic rings. The van der Waals surface area contributed by atoms with E-state index in [2.05, 4.69) is 5.32 Å². The second-order valence-corrected chi connectivity index (χ2v) is 8.22. The Morgan fingerprint density at radius 3 is 2.26 bits per heavy atom. The van der Waals surface area contributed by atoms with Gasteiger partial charge in [0.05, 0.1) is 12.7 Å². The molecular formula is C27H32ClNO5. The average Bonchev–Trinajstić information content (AvgIpc) is 2.83. The normalized spacial score (nSPS) is 11.5. The summed E-state index contributed by atoms with van der Waals surface area (Å²) >= 11 is 0. The lowest BCUT2D eigenvalue weighted by atomic mass is 10.0. The van der Waals surface area contributed by atoms with Crippen molar-refractivity contribution in [3.63, 3.8) is 0 Å². The van der Waals surface area contributed by atoms with Crippen LogP contribution in [0.25, 0.3) is 11.1 Å². The van der Waals surface area contributed by atoms with E-state index in [0.29, 0.717) is 38.0 Å². The first-order valence-electron chi connectivity index (χ1n) is 11.1. The zero-order valence-electron chi connectivity index (χ0n) is 19.4. The van der Waals surface area contributed by atoms with E-state index in [4.69, 9.17) is 9.47 Å². The molecule has 0 aliphatic heterocycles. The molecule has 0 saturated heterocycles. The number of hydrogen-bond donors (Lipinski definition) is 3. The molecule has 0 aromatic heterocycles. The number of carboxylic acid groups (broad SMARTS) is 1. The Labute approximate surface area is 207 Å². The first kappa shape index (κ1) is 27.2. The third kappa shape index (κ3) is 8.06. The molecule has 0 amide bonds. The predicted octanol–water partition coefficient (Wildman–Crippen LogP) is 5.21. The summed E-state index contributed by atoms with van der Waals surface area (Å²) in [5.41, 5.74) is 2.86. The number of aromatic carboxylic acids is 1. The maximum atomic E-state index is 11.5. The van der Waals surface area contributed by atoms with Gasteiger partial charge in [-0.15, -0.1) is 12.4 Å². The van der Waals surface area contributed by atoms with E-state index >= 15 is 0 Å². The molecule has 3 aromatic carbocycles. The van der Waals surface area contributed by atoms with E-state index in [9.17, 15) is 15.0 Å². The van der Waals surface area contributed by atoms with E-state index < -0.39 is 12.1 Å². The summed E-state index contributed by atoms with van der Waals surface area (Å²) in [5, 5.41) is 22.8. The Bertz CT molecular complexity index is 1020. The van der Waals surface area contributed by atoms with Crippen LogP contribution in [0.2, 0.25) is 0 Å². The summed E-state index contributed by atoms with van der Waals surface area (Å²) in [4.78, 5) is 11.5. The standard InChI is InChI=1S/C27H31NO5.ClH/c1-19(2)18-33-26-16-22(10-13-24(26)27(30)31)20-8-11-23(12-9-20)32-15-14-28-17-25(29)21-6-4-3-5-7-21;/h3-13,16,19,25,28-29H,14-15,17-18H2,1-2H3,(H,30,31);1H/t25-;/m0./s1. The fourth-order valence-electron chi connectivity index (χ4n) is 3.27. The summed E-state index contributed by atoms with van der Waals surface area (Å²) in [5.74, 6) is 0.400. The maximum absolute atomic E-state index is 11.5. The molecule has 182 valence electrons. The third-order valence-corrected chi connectivity index (χ3v) is 5.04. The van der Waals surface area contributed by atoms with E-state index in [1.165, 1.54) is 0 Å². The van der Waals surface area contributed by atoms with Crippen molar-refractivity contribution in [1.29, 1.82) is 0 Å². The van der Waals surface area contributed by atoms with E-state index in [1.54, 1.807) is 18.2 Å². The van der Waals surface area contributed by atoms with Gasteiger partial charge in [0.15, 0.2) is 0 Å². The van der Waals surface area contributed by atoms with Gasteiger partial charge in [0.25, 0.3) is 0 Å². The second kappa shape index (κ2) is 13.6. The van der Waals surface area contributed by atoms with Gasteiger partial charge in [0, 0.05) is 13.1 Å². The van der Waals surface area contributed by atoms with Gasteiger partial charge in [-0.1, -0.05) is 62.4 Å². The van der Waals surface area contributed by atoms with Gasteiger partial charge in [-0.25, -0.2) is 4.79 Å². The number of ether oxygens (including phenoxy) is 2. The van der Waals surface area contributed by atoms with Crippen molar-refractivity contribution in [3.05, 3.63) is 83.9 Å². The van der Waals surface area contributed by atoms with Gasteiger partial charge in [0.2, 0.25) is 0 Å². The lowest BCUT2D eigenvalue weighted by Gasteiger charge is -2.14. The smallest absolute Gasteiger partial charge is 0.339 e. The number of benzene rings is 3. The highest BCUT2D eigenvalue weighted by Crippen LogP contribution is 2.29. The molecule has 0 saturated carbocycles. The van der Waals surface area contributed by atoms with Crippen LogP contribution >= 0.6 is 12.4 Å². The minimum atomic E-state index is -1.01. The number of halogens is 1. The molecule has 1 atom stereocenters. The number of carbonyl (C=O) groups is 1. The monoisotopic (exact) mass is 485 g/mol. The van der Waals surface area contributed by atoms with Crippen LogP contribution in [-0.4, -0.2) is 42.5 Å². The van der Waals surface area contributed by atoms with E-state index in [-0.39, 0.29) is 18.0 Å². The van der Waals surface area contributed by atoms with Gasteiger partial charge in [-0.3, -0.25) is 0 Å². The highest BCUT2D eigenvalue weighted by Gasteiger charge is 2.13. The van der Waals surface area contributed by atoms with Crippen molar-refractivity contribution < 1.29 is 24.5 Å². The van der Waals surface area contributed by atoms with Crippen LogP contribution in [-0.2, 0) is 0 Å². The van der Waals surface area contributed by atoms with Gasteiger partial charge >= 0.3 is 5.97 Å². The van der Waals surface area contributed by atoms with Crippen molar-refractivity contribution in [2.24, 2.45) is 5.92 Å². The van der Waals surface area contributed by atoms with Gasteiger partial charge in [0.1, 0.15) is 23.7 Å². The summed E-state index contributed by atoms with van der Waals surface area (Å²) < 4.78 is 11.5. The molecular weight excluding hydrogens is 454 g/mol. The lowest BCUT2D eigenvalue weighted by molar-refractivity contribution is 0.0691. The fraction of sp³-hybridized carbons (Fsp3) is 0.296. The summed E-state index contributed by atoms with van der Waals surface area (Å²) in [6.45, 7) is 6.03. The van der Waals surface area contributed by atoms with Crippen LogP contribution in [0.1, 0.15) is 35.9 Å². The highest BCUT2D eigenvalue weighted by atomic mass is 35.5. The third-order valence-electron chi connectivity index (χ3n) is 5.04. The van der Waals surface area contributed by atoms with Gasteiger partial charge in [-0.2, -0.15) is 0 Å². The Kier molecular flexibility index (Phi) is 10.9. The number of nitrogens with one attached hydrogen (secondary N) is 1. The van der Waals surface area contributed by atoms with E-state index in [0.717, 1.165) is 22.4 Å². The minimum absolute atomic E-state index is 0. The van der Waals surface area contributed by atoms with Crippen LogP contribution in [0.3, 0.4) is 0 Å². The van der Waals surface area contributed by atoms with E-state index in [1.807, 2.05) is 68.4 Å². The average molecular weight is 486 g/mol. The van der Waals surface area contributed by atoms with Crippen molar-refractivity contribution in [3.8, 4) is 22.6 Å². The first-order valence-corrected chi connectivity index (χ1v) is 11.1. The molecule has 0 fully saturated rings. The van der Waals surface area contributed by atoms with Crippen LogP contribution in [0, 0.1) is 5.92 Å². The van der Waals surface area contributed by atoms with Crippen molar-refractivity contribution in [1.82, 2.24) is 5.32 Å². The van der Waals surface area contributed by atoms with Crippen molar-refractivity contribution >= 4 is 18.4 Å². The highest BCUT2D eigenvalue weighted by molar-refractivity contribution is 5.92. The first-order chi connectivity index (χ1) is 15.9. The second-order valence-electron chi connectivity index (χ2n) is 8.22. The Morgan fingerprint density at radius 2 is 1.62 bits per heavy atom. The summed E-state index contributed by atoms with van der Waals surface area (Å²) in [6.07, 6.45) is -0.549. The lowest BCUT2D eigenvalue weighted by Crippen LogP contribution is -2.26. The number of carboxylic acids is 1. The SMILES string of the molecule is CC(C)COc1cc(-c2ccc(OCCNC[C@H](O)c3ccccc3)cc2)ccc1C(=O)O.Cl. The molecule has 3 rings (SSSR count). The predicted molar refractivity (Wildman–Crippen MR) is 136 cm³/mol. The molecule has 0 radical (unpaired) electrons. The van der Waals surface area contributed by atoms with Gasteiger partial charge < -0.3 is 25.0 Å². The number of rotatable bonds is 12. The Hall–Kier alpha value is -3.06. The number of aliphatic hydroxyl groups is 1. The van der Waals surface area contributed by atoms with Crippen molar-refractivity contribution in [2.75, 3.05) is 26.3 Å². The molecule has 7 heteroatoms. The van der Waals surface area contributed by atoms with Crippen LogP contribution in [0.5, 0.6) is 11.5 Å². The topological polar surface area (TPSA) is 88.0 Å². The molecule has 3 N–H and O–H groups in total. The molecule has 0 heterocycles. The zero-order valence-corrected chi connectivity index (χ0v) is 20.3. The maximum Gasteiger partial charge on any atom is 0.339 e. The van der Waals surface area contributed by atoms with Crippen LogP contribution in [0.4, 0.5) is 0 Å². The molecule has 0 aliphatic carbocycles. The minimum Gasteiger partial charge on any atom is -0.492 e. The molecule has 0 spiro atoms. The quantitative estimate of drug-likeness (QED) is 0.305. The van der Waals surface area contributed by atoms with Crippen LogP contribution in [0.15, 0.2) is 72.8 Å². The largest absolute Gasteiger partial charge is 0.492 e. The van der Waals surface area contributed by atoms with Gasteiger partial charge in [-0.05, 0) is 46.9 Å². The summed E-state index contributed by atoms with van der Waals surface area (Å²) in [7, 11) is 0. The number of hydrogen-bond acceptors (Lipinski definition) is 5. The fourth-order valence-corrected chi connectivity index (χ4v) is 3.27. The Morgan fingerprint density at radius 1 is 0.941 bits per heavy atom. The molecule has 0 bridgehead atoms. The molecule has 3 aromatic rings. The molecule has 6 nitrogen and oxygen atoms in total. The van der Waals surface area contributed by atoms with Crippen molar-refractivity contribution in [2.45, 2.75) is 20.0 Å². The Balaban J connectivity index is 0.00000408. The molecule has 34 heavy (non-hydrogen) atoms. The number of aliphatic hydroxyl groups excluding tert-OH is 1. The van der Waals surface area contributed by atoms with Crippen LogP contribution < -0.4 is 14.8 Å². The summed E-state index contributed by atoms with van der Waals surface area (Å²) in [6, 6.07) is 22.3.